The number of benzene rings is 2. The first-order chi connectivity index (χ1) is 10.0. The fraction of sp³-hybridized carbons (Fsp3) is 0.188. The summed E-state index contributed by atoms with van der Waals surface area (Å²) < 4.78 is 30.1. The van der Waals surface area contributed by atoms with Crippen molar-refractivity contribution >= 4 is 22.6 Å². The van der Waals surface area contributed by atoms with E-state index in [-0.39, 0.29) is 11.6 Å². The second-order valence-electron chi connectivity index (χ2n) is 4.97. The van der Waals surface area contributed by atoms with Gasteiger partial charge in [0.05, 0.1) is 16.9 Å². The van der Waals surface area contributed by atoms with Crippen molar-refractivity contribution in [3.05, 3.63) is 58.9 Å². The average Bonchev–Trinajstić information content (AvgIpc) is 2.84. The van der Waals surface area contributed by atoms with Gasteiger partial charge in [-0.05, 0) is 37.1 Å². The highest BCUT2D eigenvalue weighted by Crippen LogP contribution is 2.29. The van der Waals surface area contributed by atoms with Crippen molar-refractivity contribution in [2.45, 2.75) is 19.7 Å². The molecule has 0 aliphatic carbocycles. The molecule has 2 nitrogen and oxygen atoms in total. The van der Waals surface area contributed by atoms with Gasteiger partial charge in [0.1, 0.15) is 17.3 Å². The Morgan fingerprint density at radius 1 is 1.10 bits per heavy atom. The summed E-state index contributed by atoms with van der Waals surface area (Å²) in [4.78, 5) is 4.42. The summed E-state index contributed by atoms with van der Waals surface area (Å²) >= 11 is 5.92. The van der Waals surface area contributed by atoms with Crippen LogP contribution < -0.4 is 0 Å². The van der Waals surface area contributed by atoms with Gasteiger partial charge in [0.15, 0.2) is 5.82 Å². The number of halogens is 3. The molecular formula is C16H13ClF2N2. The molecule has 3 rings (SSSR count). The summed E-state index contributed by atoms with van der Waals surface area (Å²) in [6.45, 7) is 3.50. The zero-order valence-electron chi connectivity index (χ0n) is 11.6. The van der Waals surface area contributed by atoms with Gasteiger partial charge in [0.25, 0.3) is 0 Å². The molecule has 0 amide bonds. The van der Waals surface area contributed by atoms with Crippen LogP contribution in [0.3, 0.4) is 0 Å². The van der Waals surface area contributed by atoms with E-state index in [1.807, 2.05) is 19.1 Å². The van der Waals surface area contributed by atoms with E-state index in [0.717, 1.165) is 5.56 Å². The standard InChI is InChI=1S/C16H13ClF2N2/c1-9-6-7-11(18)16(14(9)19)21-12-5-3-4-10(2)15(12)20-13(21)8-17/h3-7H,8H2,1-2H3. The van der Waals surface area contributed by atoms with E-state index >= 15 is 0 Å². The minimum Gasteiger partial charge on any atom is -0.290 e. The highest BCUT2D eigenvalue weighted by atomic mass is 35.5. The van der Waals surface area contributed by atoms with E-state index in [2.05, 4.69) is 4.98 Å². The van der Waals surface area contributed by atoms with Crippen LogP contribution in [0.1, 0.15) is 17.0 Å². The summed E-state index contributed by atoms with van der Waals surface area (Å²) in [5, 5.41) is 0. The molecule has 0 N–H and O–H groups in total. The van der Waals surface area contributed by atoms with Crippen molar-refractivity contribution in [3.8, 4) is 5.69 Å². The van der Waals surface area contributed by atoms with Gasteiger partial charge in [0.2, 0.25) is 0 Å². The predicted octanol–water partition coefficient (Wildman–Crippen LogP) is 4.66. The maximum absolute atomic E-state index is 14.4. The molecule has 0 aliphatic heterocycles. The molecule has 0 bridgehead atoms. The third kappa shape index (κ3) is 2.10. The van der Waals surface area contributed by atoms with Crippen LogP contribution in [0.2, 0.25) is 0 Å². The third-order valence-corrected chi connectivity index (χ3v) is 3.80. The van der Waals surface area contributed by atoms with Gasteiger partial charge >= 0.3 is 0 Å². The molecule has 2 aromatic carbocycles. The molecule has 5 heteroatoms. The summed E-state index contributed by atoms with van der Waals surface area (Å²) in [6.07, 6.45) is 0. The number of imidazole rings is 1. The smallest absolute Gasteiger partial charge is 0.153 e. The first-order valence-corrected chi connectivity index (χ1v) is 7.06. The van der Waals surface area contributed by atoms with Crippen LogP contribution in [-0.2, 0) is 5.88 Å². The number of nitrogens with zero attached hydrogens (tertiary/aromatic N) is 2. The van der Waals surface area contributed by atoms with Crippen LogP contribution in [0.5, 0.6) is 0 Å². The molecule has 0 saturated carbocycles. The van der Waals surface area contributed by atoms with Crippen LogP contribution >= 0.6 is 11.6 Å². The number of hydrogen-bond donors (Lipinski definition) is 0. The van der Waals surface area contributed by atoms with E-state index in [4.69, 9.17) is 11.6 Å². The minimum absolute atomic E-state index is 0.0704. The lowest BCUT2D eigenvalue weighted by Crippen LogP contribution is -2.06. The van der Waals surface area contributed by atoms with Crippen LogP contribution in [0.25, 0.3) is 16.7 Å². The topological polar surface area (TPSA) is 17.8 Å². The van der Waals surface area contributed by atoms with Crippen LogP contribution in [0.15, 0.2) is 30.3 Å². The SMILES string of the molecule is Cc1ccc(F)c(-n2c(CCl)nc3c(C)cccc32)c1F. The van der Waals surface area contributed by atoms with Crippen molar-refractivity contribution in [2.75, 3.05) is 0 Å². The third-order valence-electron chi connectivity index (χ3n) is 3.56. The average molecular weight is 307 g/mol. The Labute approximate surface area is 126 Å². The summed E-state index contributed by atoms with van der Waals surface area (Å²) in [5.74, 6) is -0.738. The Balaban J connectivity index is 2.45. The lowest BCUT2D eigenvalue weighted by atomic mass is 10.1. The van der Waals surface area contributed by atoms with Gasteiger partial charge in [-0.2, -0.15) is 0 Å². The molecule has 1 heterocycles. The molecule has 21 heavy (non-hydrogen) atoms. The number of fused-ring (bicyclic) bond motifs is 1. The van der Waals surface area contributed by atoms with E-state index in [1.165, 1.54) is 16.7 Å². The Kier molecular flexibility index (Phi) is 3.41. The summed E-state index contributed by atoms with van der Waals surface area (Å²) in [5.41, 5.74) is 2.54. The lowest BCUT2D eigenvalue weighted by molar-refractivity contribution is 0.563. The van der Waals surface area contributed by atoms with Crippen molar-refractivity contribution in [2.24, 2.45) is 0 Å². The first-order valence-electron chi connectivity index (χ1n) is 6.52. The van der Waals surface area contributed by atoms with Crippen molar-refractivity contribution in [1.29, 1.82) is 0 Å². The maximum Gasteiger partial charge on any atom is 0.153 e. The van der Waals surface area contributed by atoms with Crippen molar-refractivity contribution < 1.29 is 8.78 Å². The monoisotopic (exact) mass is 306 g/mol. The van der Waals surface area contributed by atoms with Crippen molar-refractivity contribution in [1.82, 2.24) is 9.55 Å². The van der Waals surface area contributed by atoms with Gasteiger partial charge in [0, 0.05) is 0 Å². The number of aryl methyl sites for hydroxylation is 2. The minimum atomic E-state index is -0.634. The van der Waals surface area contributed by atoms with Crippen molar-refractivity contribution in [3.63, 3.8) is 0 Å². The van der Waals surface area contributed by atoms with Gasteiger partial charge in [-0.25, -0.2) is 13.8 Å². The Morgan fingerprint density at radius 3 is 2.57 bits per heavy atom. The fourth-order valence-electron chi connectivity index (χ4n) is 2.47. The molecule has 0 saturated heterocycles. The largest absolute Gasteiger partial charge is 0.290 e. The molecule has 0 radical (unpaired) electrons. The number of aromatic nitrogens is 2. The molecule has 0 unspecified atom stereocenters. The highest BCUT2D eigenvalue weighted by molar-refractivity contribution is 6.17. The van der Waals surface area contributed by atoms with Gasteiger partial charge in [-0.15, -0.1) is 11.6 Å². The lowest BCUT2D eigenvalue weighted by Gasteiger charge is -2.12. The Morgan fingerprint density at radius 2 is 1.86 bits per heavy atom. The first kappa shape index (κ1) is 14.0. The van der Waals surface area contributed by atoms with E-state index in [9.17, 15) is 8.78 Å². The van der Waals surface area contributed by atoms with E-state index in [0.29, 0.717) is 22.4 Å². The van der Waals surface area contributed by atoms with Crippen LogP contribution in [-0.4, -0.2) is 9.55 Å². The van der Waals surface area contributed by atoms with Crippen LogP contribution in [0.4, 0.5) is 8.78 Å². The molecule has 0 spiro atoms. The zero-order valence-corrected chi connectivity index (χ0v) is 12.4. The highest BCUT2D eigenvalue weighted by Gasteiger charge is 2.20. The van der Waals surface area contributed by atoms with E-state index in [1.54, 1.807) is 13.0 Å². The quantitative estimate of drug-likeness (QED) is 0.630. The summed E-state index contributed by atoms with van der Waals surface area (Å²) in [6, 6.07) is 8.19. The molecule has 0 fully saturated rings. The predicted molar refractivity (Wildman–Crippen MR) is 80.0 cm³/mol. The zero-order chi connectivity index (χ0) is 15.1. The van der Waals surface area contributed by atoms with Gasteiger partial charge < -0.3 is 0 Å². The van der Waals surface area contributed by atoms with Crippen LogP contribution in [0, 0.1) is 25.5 Å². The fourth-order valence-corrected chi connectivity index (χ4v) is 2.65. The number of alkyl halides is 1. The Bertz CT molecular complexity index is 840. The molecule has 3 aromatic rings. The maximum atomic E-state index is 14.4. The Hall–Kier alpha value is -1.94. The molecular weight excluding hydrogens is 294 g/mol. The summed E-state index contributed by atoms with van der Waals surface area (Å²) in [7, 11) is 0. The van der Waals surface area contributed by atoms with Gasteiger partial charge in [-0.3, -0.25) is 4.57 Å². The van der Waals surface area contributed by atoms with Gasteiger partial charge in [-0.1, -0.05) is 18.2 Å². The number of hydrogen-bond acceptors (Lipinski definition) is 1. The molecule has 108 valence electrons. The van der Waals surface area contributed by atoms with E-state index < -0.39 is 11.6 Å². The molecule has 1 aromatic heterocycles. The normalized spacial score (nSPS) is 11.3. The second kappa shape index (κ2) is 5.11. The second-order valence-corrected chi connectivity index (χ2v) is 5.23. The number of para-hydroxylation sites is 1. The number of rotatable bonds is 2. The molecule has 0 atom stereocenters. The molecule has 0 aliphatic rings.